The minimum absolute atomic E-state index is 0.641. The summed E-state index contributed by atoms with van der Waals surface area (Å²) in [5.41, 5.74) is 0. The van der Waals surface area contributed by atoms with Gasteiger partial charge in [0, 0.05) is 4.92 Å². The van der Waals surface area contributed by atoms with Crippen LogP contribution in [0.5, 0.6) is 0 Å². The first kappa shape index (κ1) is 7.26. The van der Waals surface area contributed by atoms with Crippen molar-refractivity contribution in [3.05, 3.63) is 10.1 Å². The van der Waals surface area contributed by atoms with E-state index in [2.05, 4.69) is 0 Å². The summed E-state index contributed by atoms with van der Waals surface area (Å²) < 4.78 is 22.2. The molecule has 8 heavy (non-hydrogen) atoms. The molecule has 0 N–H and O–H groups in total. The topological polar surface area (TPSA) is 43.1 Å². The quantitative estimate of drug-likeness (QED) is 0.415. The molecule has 0 rings (SSSR count). The van der Waals surface area contributed by atoms with Gasteiger partial charge in [0.25, 0.3) is 0 Å². The Balaban J connectivity index is 3.05. The third-order valence-electron chi connectivity index (χ3n) is 0.530. The molecule has 0 fully saturated rings. The Morgan fingerprint density at radius 1 is 1.62 bits per heavy atom. The average molecular weight is 125 g/mol. The van der Waals surface area contributed by atoms with Crippen LogP contribution < -0.4 is 0 Å². The van der Waals surface area contributed by atoms with Crippen LogP contribution in [0.15, 0.2) is 0 Å². The fourth-order valence-corrected chi connectivity index (χ4v) is 0.203. The summed E-state index contributed by atoms with van der Waals surface area (Å²) in [5, 5.41) is 9.38. The summed E-state index contributed by atoms with van der Waals surface area (Å²) in [6, 6.07) is 0. The number of alkyl halides is 2. The number of hydrogen-bond acceptors (Lipinski definition) is 2. The zero-order valence-electron chi connectivity index (χ0n) is 4.01. The highest BCUT2D eigenvalue weighted by Gasteiger charge is 2.05. The van der Waals surface area contributed by atoms with E-state index in [0.717, 1.165) is 0 Å². The molecular formula is C3H5F2NO2. The van der Waals surface area contributed by atoms with Crippen molar-refractivity contribution in [1.82, 2.24) is 0 Å². The van der Waals surface area contributed by atoms with Crippen molar-refractivity contribution >= 4 is 0 Å². The zero-order chi connectivity index (χ0) is 6.57. The molecule has 0 aromatic carbocycles. The second kappa shape index (κ2) is 3.29. The molecule has 3 nitrogen and oxygen atoms in total. The molecule has 0 aliphatic rings. The number of nitrogens with zero attached hydrogens (tertiary/aromatic N) is 1. The van der Waals surface area contributed by atoms with Gasteiger partial charge in [0.1, 0.15) is 0 Å². The number of halogens is 2. The van der Waals surface area contributed by atoms with Crippen LogP contribution in [0.1, 0.15) is 6.42 Å². The largest absolute Gasteiger partial charge is 0.265 e. The first-order valence-corrected chi connectivity index (χ1v) is 2.03. The molecule has 0 heterocycles. The van der Waals surface area contributed by atoms with Crippen LogP contribution in [0, 0.1) is 10.1 Å². The standard InChI is InChI=1S/C3H5F2NO2/c4-3(5)1-2-6(7)8/h3H,1-2H2. The third kappa shape index (κ3) is 5.26. The van der Waals surface area contributed by atoms with Crippen LogP contribution in [-0.4, -0.2) is 17.9 Å². The molecule has 0 aromatic rings. The molecule has 0 aliphatic heterocycles. The van der Waals surface area contributed by atoms with Gasteiger partial charge in [-0.05, 0) is 0 Å². The van der Waals surface area contributed by atoms with Crippen LogP contribution in [0.4, 0.5) is 8.78 Å². The van der Waals surface area contributed by atoms with Crippen LogP contribution in [0.3, 0.4) is 0 Å². The molecule has 0 unspecified atom stereocenters. The van der Waals surface area contributed by atoms with Crippen LogP contribution in [0.2, 0.25) is 0 Å². The van der Waals surface area contributed by atoms with Gasteiger partial charge in [0.15, 0.2) is 0 Å². The van der Waals surface area contributed by atoms with Gasteiger partial charge < -0.3 is 0 Å². The van der Waals surface area contributed by atoms with E-state index in [-0.39, 0.29) is 0 Å². The minimum Gasteiger partial charge on any atom is -0.265 e. The fraction of sp³-hybridized carbons (Fsp3) is 1.00. The first-order chi connectivity index (χ1) is 3.63. The lowest BCUT2D eigenvalue weighted by Crippen LogP contribution is -2.04. The van der Waals surface area contributed by atoms with E-state index in [4.69, 9.17) is 0 Å². The highest BCUT2D eigenvalue weighted by atomic mass is 19.3. The molecule has 0 amide bonds. The van der Waals surface area contributed by atoms with E-state index >= 15 is 0 Å². The summed E-state index contributed by atoms with van der Waals surface area (Å²) >= 11 is 0. The van der Waals surface area contributed by atoms with Crippen molar-refractivity contribution < 1.29 is 13.7 Å². The normalized spacial score (nSPS) is 9.88. The minimum atomic E-state index is -2.56. The van der Waals surface area contributed by atoms with E-state index in [1.807, 2.05) is 0 Å². The Labute approximate surface area is 44.5 Å². The number of rotatable bonds is 3. The van der Waals surface area contributed by atoms with Crippen molar-refractivity contribution in [2.45, 2.75) is 12.8 Å². The summed E-state index contributed by atoms with van der Waals surface area (Å²) in [6.07, 6.45) is -3.20. The summed E-state index contributed by atoms with van der Waals surface area (Å²) in [4.78, 5) is 8.62. The molecule has 0 aliphatic carbocycles. The van der Waals surface area contributed by atoms with Gasteiger partial charge >= 0.3 is 0 Å². The van der Waals surface area contributed by atoms with Crippen molar-refractivity contribution in [2.24, 2.45) is 0 Å². The number of hydrogen-bond donors (Lipinski definition) is 0. The Morgan fingerprint density at radius 2 is 2.12 bits per heavy atom. The molecule has 0 saturated heterocycles. The van der Waals surface area contributed by atoms with Gasteiger partial charge in [0.2, 0.25) is 13.0 Å². The van der Waals surface area contributed by atoms with Gasteiger partial charge in [-0.3, -0.25) is 10.1 Å². The molecule has 0 saturated carbocycles. The maximum absolute atomic E-state index is 11.1. The molecule has 5 heteroatoms. The van der Waals surface area contributed by atoms with Crippen LogP contribution in [0.25, 0.3) is 0 Å². The van der Waals surface area contributed by atoms with Crippen molar-refractivity contribution in [3.63, 3.8) is 0 Å². The van der Waals surface area contributed by atoms with Crippen molar-refractivity contribution in [2.75, 3.05) is 6.54 Å². The van der Waals surface area contributed by atoms with Gasteiger partial charge in [0.05, 0.1) is 6.42 Å². The highest BCUT2D eigenvalue weighted by molar-refractivity contribution is 4.35. The van der Waals surface area contributed by atoms with Crippen molar-refractivity contribution in [3.8, 4) is 0 Å². The van der Waals surface area contributed by atoms with E-state index in [1.165, 1.54) is 0 Å². The fourth-order valence-electron chi connectivity index (χ4n) is 0.203. The smallest absolute Gasteiger partial charge is 0.244 e. The van der Waals surface area contributed by atoms with Gasteiger partial charge in [-0.2, -0.15) is 0 Å². The predicted molar refractivity (Wildman–Crippen MR) is 22.5 cm³/mol. The zero-order valence-corrected chi connectivity index (χ0v) is 4.01. The van der Waals surface area contributed by atoms with Gasteiger partial charge in [-0.25, -0.2) is 8.78 Å². The van der Waals surface area contributed by atoms with E-state index in [1.54, 1.807) is 0 Å². The van der Waals surface area contributed by atoms with Crippen LogP contribution >= 0.6 is 0 Å². The third-order valence-corrected chi connectivity index (χ3v) is 0.530. The molecule has 0 radical (unpaired) electrons. The average Bonchev–Trinajstić information content (AvgIpc) is 1.61. The summed E-state index contributed by atoms with van der Waals surface area (Å²) in [7, 11) is 0. The maximum Gasteiger partial charge on any atom is 0.244 e. The molecule has 0 spiro atoms. The first-order valence-electron chi connectivity index (χ1n) is 2.03. The van der Waals surface area contributed by atoms with E-state index in [9.17, 15) is 18.9 Å². The number of nitro groups is 1. The lowest BCUT2D eigenvalue weighted by atomic mass is 10.5. The van der Waals surface area contributed by atoms with E-state index < -0.39 is 24.3 Å². The second-order valence-electron chi connectivity index (χ2n) is 1.24. The monoisotopic (exact) mass is 125 g/mol. The molecule has 0 aromatic heterocycles. The maximum atomic E-state index is 11.1. The molecule has 48 valence electrons. The molecule has 0 atom stereocenters. The van der Waals surface area contributed by atoms with Gasteiger partial charge in [-0.1, -0.05) is 0 Å². The second-order valence-corrected chi connectivity index (χ2v) is 1.24. The van der Waals surface area contributed by atoms with Crippen LogP contribution in [-0.2, 0) is 0 Å². The summed E-state index contributed by atoms with van der Waals surface area (Å²) in [6.45, 7) is -0.641. The van der Waals surface area contributed by atoms with Crippen molar-refractivity contribution in [1.29, 1.82) is 0 Å². The Kier molecular flexibility index (Phi) is 2.98. The van der Waals surface area contributed by atoms with Gasteiger partial charge in [-0.15, -0.1) is 0 Å². The highest BCUT2D eigenvalue weighted by Crippen LogP contribution is 1.96. The molecule has 0 bridgehead atoms. The molecular weight excluding hydrogens is 120 g/mol. The van der Waals surface area contributed by atoms with E-state index in [0.29, 0.717) is 0 Å². The predicted octanol–water partition coefficient (Wildman–Crippen LogP) is 0.918. The Morgan fingerprint density at radius 3 is 2.25 bits per heavy atom. The SMILES string of the molecule is O=[N+]([O-])CCC(F)F. The lowest BCUT2D eigenvalue weighted by Gasteiger charge is -1.89. The lowest BCUT2D eigenvalue weighted by molar-refractivity contribution is -0.482. The summed E-state index contributed by atoms with van der Waals surface area (Å²) in [5.74, 6) is 0. The Bertz CT molecular complexity index is 85.4. The Hall–Kier alpha value is -0.740.